The van der Waals surface area contributed by atoms with Crippen molar-refractivity contribution in [1.29, 1.82) is 0 Å². The van der Waals surface area contributed by atoms with E-state index in [9.17, 15) is 0 Å². The van der Waals surface area contributed by atoms with E-state index in [1.807, 2.05) is 47.0 Å². The van der Waals surface area contributed by atoms with Crippen LogP contribution in [0.4, 0.5) is 5.82 Å². The van der Waals surface area contributed by atoms with Gasteiger partial charge in [0.05, 0.1) is 0 Å². The lowest BCUT2D eigenvalue weighted by atomic mass is 10.2. The lowest BCUT2D eigenvalue weighted by Gasteiger charge is -2.10. The summed E-state index contributed by atoms with van der Waals surface area (Å²) < 4.78 is 1.88. The molecule has 0 saturated heterocycles. The fourth-order valence-electron chi connectivity index (χ4n) is 3.10. The van der Waals surface area contributed by atoms with E-state index in [2.05, 4.69) is 20.3 Å². The van der Waals surface area contributed by atoms with Crippen molar-refractivity contribution >= 4 is 45.0 Å². The van der Waals surface area contributed by atoms with Crippen molar-refractivity contribution in [3.05, 3.63) is 71.9 Å². The maximum atomic E-state index is 6.08. The van der Waals surface area contributed by atoms with Crippen molar-refractivity contribution in [1.82, 2.24) is 24.3 Å². The van der Waals surface area contributed by atoms with Crippen LogP contribution in [-0.4, -0.2) is 24.3 Å². The third kappa shape index (κ3) is 2.43. The summed E-state index contributed by atoms with van der Waals surface area (Å²) in [6.07, 6.45) is 7.03. The Balaban J connectivity index is 1.68. The first kappa shape index (κ1) is 15.0. The van der Waals surface area contributed by atoms with Crippen molar-refractivity contribution in [3.8, 4) is 0 Å². The molecule has 0 atom stereocenters. The van der Waals surface area contributed by atoms with Gasteiger partial charge in [0.2, 0.25) is 0 Å². The number of fused-ring (bicyclic) bond motifs is 5. The number of nitrogens with one attached hydrogen (secondary N) is 1. The summed E-state index contributed by atoms with van der Waals surface area (Å²) in [5, 5.41) is 6.07. The molecule has 7 heteroatoms. The van der Waals surface area contributed by atoms with Crippen LogP contribution in [0, 0.1) is 0 Å². The second-order valence-electron chi connectivity index (χ2n) is 5.96. The maximum Gasteiger partial charge on any atom is 0.168 e. The van der Waals surface area contributed by atoms with Crippen LogP contribution < -0.4 is 5.32 Å². The highest BCUT2D eigenvalue weighted by Crippen LogP contribution is 2.29. The third-order valence-corrected chi connectivity index (χ3v) is 4.54. The highest BCUT2D eigenvalue weighted by atomic mass is 35.5. The molecule has 5 aromatic rings. The molecule has 0 unspecified atom stereocenters. The van der Waals surface area contributed by atoms with Crippen molar-refractivity contribution in [2.75, 3.05) is 5.32 Å². The van der Waals surface area contributed by atoms with Gasteiger partial charge in [-0.25, -0.2) is 15.0 Å². The van der Waals surface area contributed by atoms with Crippen LogP contribution in [-0.2, 0) is 6.54 Å². The number of hydrogen-bond donors (Lipinski definition) is 1. The van der Waals surface area contributed by atoms with E-state index in [4.69, 9.17) is 16.6 Å². The minimum atomic E-state index is 0.617. The smallest absolute Gasteiger partial charge is 0.168 e. The molecular formula is C19H13ClN6. The molecule has 6 nitrogen and oxygen atoms in total. The Morgan fingerprint density at radius 2 is 1.92 bits per heavy atom. The summed E-state index contributed by atoms with van der Waals surface area (Å²) in [5.74, 6) is 0.778. The van der Waals surface area contributed by atoms with Crippen LogP contribution in [0.25, 0.3) is 27.6 Å². The van der Waals surface area contributed by atoms with Crippen LogP contribution in [0.15, 0.2) is 61.3 Å². The van der Waals surface area contributed by atoms with E-state index < -0.39 is 0 Å². The van der Waals surface area contributed by atoms with E-state index in [-0.39, 0.29) is 0 Å². The standard InChI is InChI=1S/C19H13ClN6/c20-13-3-1-2-12(8-13)9-23-18-14-4-6-21-10-15(14)17-19(25-18)26-11-22-7-5-16(26)24-17/h1-8,10-11H,9H2,(H,23,25). The highest BCUT2D eigenvalue weighted by molar-refractivity contribution is 6.30. The van der Waals surface area contributed by atoms with Crippen LogP contribution >= 0.6 is 11.6 Å². The predicted octanol–water partition coefficient (Wildman–Crippen LogP) is 4.09. The number of pyridine rings is 2. The van der Waals surface area contributed by atoms with Crippen LogP contribution in [0.5, 0.6) is 0 Å². The highest BCUT2D eigenvalue weighted by Gasteiger charge is 2.13. The van der Waals surface area contributed by atoms with Gasteiger partial charge in [-0.2, -0.15) is 0 Å². The summed E-state index contributed by atoms with van der Waals surface area (Å²) in [4.78, 5) is 18.0. The van der Waals surface area contributed by atoms with Gasteiger partial charge in [0.25, 0.3) is 0 Å². The van der Waals surface area contributed by atoms with Gasteiger partial charge >= 0.3 is 0 Å². The largest absolute Gasteiger partial charge is 0.365 e. The number of aromatic nitrogens is 5. The molecule has 1 N–H and O–H groups in total. The number of halogens is 1. The molecule has 0 fully saturated rings. The Labute approximate surface area is 153 Å². The molecule has 0 aliphatic carbocycles. The minimum absolute atomic E-state index is 0.617. The fraction of sp³-hybridized carbons (Fsp3) is 0.0526. The summed E-state index contributed by atoms with van der Waals surface area (Å²) in [6, 6.07) is 11.6. The van der Waals surface area contributed by atoms with Crippen molar-refractivity contribution in [2.24, 2.45) is 0 Å². The number of imidazole rings is 1. The van der Waals surface area contributed by atoms with Gasteiger partial charge in [0.1, 0.15) is 23.3 Å². The molecule has 1 aromatic carbocycles. The molecule has 126 valence electrons. The monoisotopic (exact) mass is 360 g/mol. The van der Waals surface area contributed by atoms with Crippen molar-refractivity contribution in [3.63, 3.8) is 0 Å². The topological polar surface area (TPSA) is 68.0 Å². The second-order valence-corrected chi connectivity index (χ2v) is 6.39. The van der Waals surface area contributed by atoms with E-state index in [0.717, 1.165) is 44.0 Å². The average molecular weight is 361 g/mol. The molecule has 0 aliphatic heterocycles. The molecule has 0 spiro atoms. The molecule has 0 radical (unpaired) electrons. The Bertz CT molecular complexity index is 1260. The van der Waals surface area contributed by atoms with Crippen LogP contribution in [0.1, 0.15) is 5.56 Å². The first-order chi connectivity index (χ1) is 12.8. The molecule has 0 aliphatic rings. The molecule has 4 aromatic heterocycles. The molecular weight excluding hydrogens is 348 g/mol. The van der Waals surface area contributed by atoms with E-state index in [0.29, 0.717) is 6.54 Å². The van der Waals surface area contributed by atoms with Gasteiger partial charge in [0.15, 0.2) is 5.65 Å². The zero-order valence-electron chi connectivity index (χ0n) is 13.6. The number of anilines is 1. The van der Waals surface area contributed by atoms with Gasteiger partial charge in [-0.1, -0.05) is 23.7 Å². The third-order valence-electron chi connectivity index (χ3n) is 4.30. The summed E-state index contributed by atoms with van der Waals surface area (Å²) in [7, 11) is 0. The minimum Gasteiger partial charge on any atom is -0.365 e. The number of nitrogens with zero attached hydrogens (tertiary/aromatic N) is 5. The zero-order chi connectivity index (χ0) is 17.5. The first-order valence-electron chi connectivity index (χ1n) is 8.13. The lowest BCUT2D eigenvalue weighted by molar-refractivity contribution is 1.08. The first-order valence-corrected chi connectivity index (χ1v) is 8.51. The van der Waals surface area contributed by atoms with E-state index in [1.165, 1.54) is 0 Å². The van der Waals surface area contributed by atoms with Crippen LogP contribution in [0.3, 0.4) is 0 Å². The average Bonchev–Trinajstić information content (AvgIpc) is 3.05. The maximum absolute atomic E-state index is 6.08. The number of benzene rings is 1. The van der Waals surface area contributed by atoms with Gasteiger partial charge in [-0.3, -0.25) is 9.38 Å². The van der Waals surface area contributed by atoms with Crippen molar-refractivity contribution < 1.29 is 0 Å². The van der Waals surface area contributed by atoms with Gasteiger partial charge in [-0.05, 0) is 29.8 Å². The normalized spacial score (nSPS) is 11.4. The van der Waals surface area contributed by atoms with Gasteiger partial charge in [-0.15, -0.1) is 0 Å². The number of hydrogen-bond acceptors (Lipinski definition) is 5. The summed E-state index contributed by atoms with van der Waals surface area (Å²) >= 11 is 6.08. The fourth-order valence-corrected chi connectivity index (χ4v) is 3.31. The Morgan fingerprint density at radius 3 is 2.85 bits per heavy atom. The summed E-state index contributed by atoms with van der Waals surface area (Å²) in [5.41, 5.74) is 3.46. The Morgan fingerprint density at radius 1 is 1.00 bits per heavy atom. The quantitative estimate of drug-likeness (QED) is 0.525. The second kappa shape index (κ2) is 5.93. The van der Waals surface area contributed by atoms with E-state index >= 15 is 0 Å². The van der Waals surface area contributed by atoms with Gasteiger partial charge < -0.3 is 5.32 Å². The van der Waals surface area contributed by atoms with Crippen LogP contribution in [0.2, 0.25) is 5.02 Å². The number of rotatable bonds is 3. The summed E-state index contributed by atoms with van der Waals surface area (Å²) in [6.45, 7) is 0.617. The SMILES string of the molecule is Clc1cccc(CNc2nc3c(nc4ccncn43)c3cnccc23)c1. The zero-order valence-corrected chi connectivity index (χ0v) is 14.4. The van der Waals surface area contributed by atoms with Gasteiger partial charge in [0, 0.05) is 40.9 Å². The molecule has 0 saturated carbocycles. The lowest BCUT2D eigenvalue weighted by Crippen LogP contribution is -2.03. The molecule has 0 amide bonds. The Hall–Kier alpha value is -3.25. The molecule has 26 heavy (non-hydrogen) atoms. The van der Waals surface area contributed by atoms with Crippen molar-refractivity contribution in [2.45, 2.75) is 6.54 Å². The molecule has 5 rings (SSSR count). The molecule has 0 bridgehead atoms. The predicted molar refractivity (Wildman–Crippen MR) is 102 cm³/mol. The van der Waals surface area contributed by atoms with E-state index in [1.54, 1.807) is 18.7 Å². The molecule has 4 heterocycles. The Kier molecular flexibility index (Phi) is 3.43.